The second-order valence-electron chi connectivity index (χ2n) is 9.21. The first-order valence-corrected chi connectivity index (χ1v) is 11.0. The number of hydrogen-bond donors (Lipinski definition) is 0. The first-order chi connectivity index (χ1) is 15.3. The Bertz CT molecular complexity index is 1070. The van der Waals surface area contributed by atoms with E-state index in [2.05, 4.69) is 10.6 Å². The molecule has 170 valence electrons. The number of methoxy groups -OCH3 is 1. The van der Waals surface area contributed by atoms with Crippen LogP contribution >= 0.6 is 0 Å². The monoisotopic (exact) mass is 437 g/mol. The van der Waals surface area contributed by atoms with Crippen LogP contribution in [0, 0.1) is 5.92 Å². The number of imidazole rings is 1. The van der Waals surface area contributed by atoms with Gasteiger partial charge < -0.3 is 19.1 Å². The number of carbonyl (C=O) groups excluding carboxylic acids is 1. The number of amides is 1. The van der Waals surface area contributed by atoms with Gasteiger partial charge in [0.15, 0.2) is 0 Å². The van der Waals surface area contributed by atoms with Gasteiger partial charge >= 0.3 is 6.09 Å². The summed E-state index contributed by atoms with van der Waals surface area (Å²) in [5, 5.41) is 0. The average molecular weight is 438 g/mol. The van der Waals surface area contributed by atoms with Crippen LogP contribution < -0.4 is 9.47 Å². The molecule has 1 saturated heterocycles. The lowest BCUT2D eigenvalue weighted by Crippen LogP contribution is -2.35. The van der Waals surface area contributed by atoms with Crippen molar-refractivity contribution >= 4 is 17.1 Å². The third-order valence-corrected chi connectivity index (χ3v) is 5.50. The van der Waals surface area contributed by atoms with Crippen LogP contribution in [0.2, 0.25) is 0 Å². The highest BCUT2D eigenvalue weighted by atomic mass is 16.6. The molecule has 1 aromatic heterocycles. The molecule has 7 heteroatoms. The van der Waals surface area contributed by atoms with Crippen LogP contribution in [0.25, 0.3) is 11.0 Å². The predicted octanol–water partition coefficient (Wildman–Crippen LogP) is 4.73. The summed E-state index contributed by atoms with van der Waals surface area (Å²) < 4.78 is 19.1. The van der Waals surface area contributed by atoms with Gasteiger partial charge in [-0.3, -0.25) is 4.57 Å². The van der Waals surface area contributed by atoms with Gasteiger partial charge in [-0.15, -0.1) is 0 Å². The minimum Gasteiger partial charge on any atom is -0.497 e. The van der Waals surface area contributed by atoms with E-state index in [0.29, 0.717) is 32.3 Å². The molecular weight excluding hydrogens is 406 g/mol. The van der Waals surface area contributed by atoms with Gasteiger partial charge in [-0.05, 0) is 57.0 Å². The lowest BCUT2D eigenvalue weighted by molar-refractivity contribution is 0.0284. The molecule has 32 heavy (non-hydrogen) atoms. The maximum Gasteiger partial charge on any atom is 0.410 e. The maximum absolute atomic E-state index is 12.3. The second-order valence-corrected chi connectivity index (χ2v) is 9.21. The quantitative estimate of drug-likeness (QED) is 0.558. The highest BCUT2D eigenvalue weighted by Crippen LogP contribution is 2.26. The summed E-state index contributed by atoms with van der Waals surface area (Å²) in [6.45, 7) is 8.12. The van der Waals surface area contributed by atoms with Crippen molar-refractivity contribution in [2.75, 3.05) is 26.8 Å². The van der Waals surface area contributed by atoms with E-state index in [1.165, 1.54) is 0 Å². The molecule has 4 rings (SSSR count). The molecule has 0 N–H and O–H groups in total. The minimum atomic E-state index is -0.488. The van der Waals surface area contributed by atoms with Gasteiger partial charge in [0.1, 0.15) is 11.4 Å². The standard InChI is InChI=1S/C25H31N3O4/c1-25(2,3)32-24(29)27-14-13-19(15-27)17-31-23-26-21-7-5-6-8-22(21)28(23)16-18-9-11-20(30-4)12-10-18/h5-12,19H,13-17H2,1-4H3/t19-/m0/s1. The normalized spacial score (nSPS) is 16.4. The molecule has 1 aliphatic rings. The van der Waals surface area contributed by atoms with Gasteiger partial charge in [0, 0.05) is 19.0 Å². The predicted molar refractivity (Wildman–Crippen MR) is 123 cm³/mol. The van der Waals surface area contributed by atoms with E-state index < -0.39 is 5.60 Å². The van der Waals surface area contributed by atoms with Crippen LogP contribution in [0.5, 0.6) is 11.8 Å². The summed E-state index contributed by atoms with van der Waals surface area (Å²) in [4.78, 5) is 18.8. The maximum atomic E-state index is 12.3. The molecule has 1 atom stereocenters. The number of para-hydroxylation sites is 2. The molecule has 3 aromatic rings. The first kappa shape index (κ1) is 22.0. The van der Waals surface area contributed by atoms with Crippen LogP contribution in [0.15, 0.2) is 48.5 Å². The van der Waals surface area contributed by atoms with Crippen molar-refractivity contribution in [3.63, 3.8) is 0 Å². The lowest BCUT2D eigenvalue weighted by atomic mass is 10.1. The number of ether oxygens (including phenoxy) is 3. The van der Waals surface area contributed by atoms with Crippen molar-refractivity contribution in [1.82, 2.24) is 14.5 Å². The fourth-order valence-electron chi connectivity index (χ4n) is 3.88. The molecule has 1 fully saturated rings. The van der Waals surface area contributed by atoms with E-state index in [0.717, 1.165) is 28.8 Å². The van der Waals surface area contributed by atoms with E-state index in [-0.39, 0.29) is 12.0 Å². The molecule has 0 unspecified atom stereocenters. The molecule has 1 aliphatic heterocycles. The van der Waals surface area contributed by atoms with E-state index in [1.54, 1.807) is 12.0 Å². The summed E-state index contributed by atoms with van der Waals surface area (Å²) in [5.74, 6) is 1.08. The molecule has 0 bridgehead atoms. The first-order valence-electron chi connectivity index (χ1n) is 11.0. The molecule has 1 amide bonds. The van der Waals surface area contributed by atoms with Crippen LogP contribution in [-0.4, -0.2) is 53.0 Å². The van der Waals surface area contributed by atoms with Crippen LogP contribution in [0.3, 0.4) is 0 Å². The van der Waals surface area contributed by atoms with E-state index in [4.69, 9.17) is 19.2 Å². The minimum absolute atomic E-state index is 0.247. The van der Waals surface area contributed by atoms with Crippen molar-refractivity contribution in [2.45, 2.75) is 39.3 Å². The Kier molecular flexibility index (Phi) is 6.26. The summed E-state index contributed by atoms with van der Waals surface area (Å²) in [6.07, 6.45) is 0.629. The summed E-state index contributed by atoms with van der Waals surface area (Å²) in [6, 6.07) is 16.6. The van der Waals surface area contributed by atoms with E-state index in [1.807, 2.05) is 63.2 Å². The number of rotatable bonds is 6. The topological polar surface area (TPSA) is 65.8 Å². The van der Waals surface area contributed by atoms with Gasteiger partial charge in [-0.1, -0.05) is 24.3 Å². The zero-order valence-electron chi connectivity index (χ0n) is 19.2. The van der Waals surface area contributed by atoms with Crippen molar-refractivity contribution in [1.29, 1.82) is 0 Å². The highest BCUT2D eigenvalue weighted by molar-refractivity contribution is 5.76. The third-order valence-electron chi connectivity index (χ3n) is 5.50. The molecule has 0 aliphatic carbocycles. The average Bonchev–Trinajstić information content (AvgIpc) is 3.37. The number of benzene rings is 2. The zero-order valence-corrected chi connectivity index (χ0v) is 19.2. The van der Waals surface area contributed by atoms with Gasteiger partial charge in [0.05, 0.1) is 31.3 Å². The third kappa shape index (κ3) is 5.15. The Morgan fingerprint density at radius 3 is 2.59 bits per heavy atom. The number of hydrogen-bond acceptors (Lipinski definition) is 5. The molecule has 0 saturated carbocycles. The molecule has 0 spiro atoms. The molecule has 2 aromatic carbocycles. The van der Waals surface area contributed by atoms with Crippen molar-refractivity contribution < 1.29 is 19.0 Å². The van der Waals surface area contributed by atoms with Crippen LogP contribution in [-0.2, 0) is 11.3 Å². The summed E-state index contributed by atoms with van der Waals surface area (Å²) in [5.41, 5.74) is 2.58. The molecule has 0 radical (unpaired) electrons. The number of aromatic nitrogens is 2. The number of fused-ring (bicyclic) bond motifs is 1. The Labute approximate surface area is 188 Å². The Morgan fingerprint density at radius 1 is 1.12 bits per heavy atom. The largest absolute Gasteiger partial charge is 0.497 e. The fraction of sp³-hybridized carbons (Fsp3) is 0.440. The van der Waals surface area contributed by atoms with Gasteiger partial charge in [-0.25, -0.2) is 4.79 Å². The van der Waals surface area contributed by atoms with Crippen molar-refractivity contribution in [2.24, 2.45) is 5.92 Å². The SMILES string of the molecule is COc1ccc(Cn2c(OC[C@H]3CCN(C(=O)OC(C)(C)C)C3)nc3ccccc32)cc1. The van der Waals surface area contributed by atoms with Crippen molar-refractivity contribution in [3.8, 4) is 11.8 Å². The Balaban J connectivity index is 1.45. The number of carbonyl (C=O) groups is 1. The molecule has 2 heterocycles. The Morgan fingerprint density at radius 2 is 1.88 bits per heavy atom. The Hall–Kier alpha value is -3.22. The number of nitrogens with zero attached hydrogens (tertiary/aromatic N) is 3. The zero-order chi connectivity index (χ0) is 22.7. The molecule has 7 nitrogen and oxygen atoms in total. The van der Waals surface area contributed by atoms with E-state index in [9.17, 15) is 4.79 Å². The smallest absolute Gasteiger partial charge is 0.410 e. The van der Waals surface area contributed by atoms with Crippen LogP contribution in [0.4, 0.5) is 4.79 Å². The van der Waals surface area contributed by atoms with Gasteiger partial charge in [0.25, 0.3) is 6.01 Å². The van der Waals surface area contributed by atoms with Crippen molar-refractivity contribution in [3.05, 3.63) is 54.1 Å². The van der Waals surface area contributed by atoms with Gasteiger partial charge in [-0.2, -0.15) is 4.98 Å². The summed E-state index contributed by atoms with van der Waals surface area (Å²) >= 11 is 0. The molecular formula is C25H31N3O4. The second kappa shape index (κ2) is 9.10. The van der Waals surface area contributed by atoms with Crippen LogP contribution in [0.1, 0.15) is 32.8 Å². The number of likely N-dealkylation sites (tertiary alicyclic amines) is 1. The lowest BCUT2D eigenvalue weighted by Gasteiger charge is -2.24. The fourth-order valence-corrected chi connectivity index (χ4v) is 3.88. The van der Waals surface area contributed by atoms with Gasteiger partial charge in [0.2, 0.25) is 0 Å². The summed E-state index contributed by atoms with van der Waals surface area (Å²) in [7, 11) is 1.66. The highest BCUT2D eigenvalue weighted by Gasteiger charge is 2.30. The van der Waals surface area contributed by atoms with E-state index >= 15 is 0 Å².